The predicted molar refractivity (Wildman–Crippen MR) is 127 cm³/mol. The highest BCUT2D eigenvalue weighted by molar-refractivity contribution is 6.03. The van der Waals surface area contributed by atoms with Crippen molar-refractivity contribution < 1.29 is 9.47 Å². The van der Waals surface area contributed by atoms with Crippen molar-refractivity contribution in [3.05, 3.63) is 114 Å². The van der Waals surface area contributed by atoms with E-state index in [9.17, 15) is 0 Å². The topological polar surface area (TPSA) is 34.1 Å². The Balaban J connectivity index is 1.35. The second-order valence-electron chi connectivity index (χ2n) is 8.00. The number of fused-ring (bicyclic) bond motifs is 1. The van der Waals surface area contributed by atoms with Crippen LogP contribution in [0.3, 0.4) is 0 Å². The lowest BCUT2D eigenvalue weighted by molar-refractivity contribution is 0.174. The lowest BCUT2D eigenvalue weighted by atomic mass is 9.96. The fourth-order valence-electron chi connectivity index (χ4n) is 4.37. The molecule has 0 saturated carbocycles. The third-order valence-corrected chi connectivity index (χ3v) is 6.04. The van der Waals surface area contributed by atoms with Gasteiger partial charge in [-0.2, -0.15) is 5.10 Å². The van der Waals surface area contributed by atoms with E-state index in [1.807, 2.05) is 30.3 Å². The highest BCUT2D eigenvalue weighted by atomic mass is 16.7. The normalized spacial score (nSPS) is 16.8. The van der Waals surface area contributed by atoms with Gasteiger partial charge < -0.3 is 9.47 Å². The molecule has 0 bridgehead atoms. The number of rotatable bonds is 4. The third-order valence-electron chi connectivity index (χ3n) is 6.04. The van der Waals surface area contributed by atoms with E-state index in [2.05, 4.69) is 77.8 Å². The Hall–Kier alpha value is -4.05. The van der Waals surface area contributed by atoms with Crippen LogP contribution in [0, 0.1) is 0 Å². The Morgan fingerprint density at radius 2 is 1.31 bits per heavy atom. The van der Waals surface area contributed by atoms with Crippen LogP contribution in [-0.4, -0.2) is 12.5 Å². The van der Waals surface area contributed by atoms with Crippen molar-refractivity contribution in [1.82, 2.24) is 0 Å². The first kappa shape index (κ1) is 18.7. The Morgan fingerprint density at radius 1 is 0.656 bits per heavy atom. The molecular weight excluding hydrogens is 396 g/mol. The van der Waals surface area contributed by atoms with Crippen molar-refractivity contribution in [1.29, 1.82) is 0 Å². The molecule has 0 fully saturated rings. The van der Waals surface area contributed by atoms with Gasteiger partial charge in [0, 0.05) is 6.42 Å². The first-order valence-corrected chi connectivity index (χ1v) is 10.8. The Morgan fingerprint density at radius 3 is 2.09 bits per heavy atom. The molecule has 0 aromatic heterocycles. The minimum Gasteiger partial charge on any atom is -0.454 e. The predicted octanol–water partition coefficient (Wildman–Crippen LogP) is 6.44. The van der Waals surface area contributed by atoms with Gasteiger partial charge in [-0.05, 0) is 46.5 Å². The number of hydrogen-bond acceptors (Lipinski definition) is 4. The second-order valence-corrected chi connectivity index (χ2v) is 8.00. The first-order chi connectivity index (χ1) is 15.8. The molecule has 32 heavy (non-hydrogen) atoms. The van der Waals surface area contributed by atoms with E-state index >= 15 is 0 Å². The van der Waals surface area contributed by atoms with Crippen molar-refractivity contribution >= 4 is 11.4 Å². The minimum absolute atomic E-state index is 0.0932. The minimum atomic E-state index is 0.0932. The molecule has 0 aliphatic carbocycles. The zero-order chi connectivity index (χ0) is 21.3. The van der Waals surface area contributed by atoms with Gasteiger partial charge in [0.2, 0.25) is 6.79 Å². The average molecular weight is 418 g/mol. The maximum Gasteiger partial charge on any atom is 0.231 e. The molecule has 0 spiro atoms. The molecule has 4 aromatic carbocycles. The van der Waals surface area contributed by atoms with Crippen LogP contribution in [0.4, 0.5) is 5.69 Å². The number of nitrogens with zero attached hydrogens (tertiary/aromatic N) is 2. The summed E-state index contributed by atoms with van der Waals surface area (Å²) in [6.07, 6.45) is 0.819. The van der Waals surface area contributed by atoms with Gasteiger partial charge in [-0.25, -0.2) is 0 Å². The summed E-state index contributed by atoms with van der Waals surface area (Å²) in [5, 5.41) is 7.18. The molecule has 0 amide bonds. The van der Waals surface area contributed by atoms with Crippen molar-refractivity contribution in [2.75, 3.05) is 11.8 Å². The summed E-state index contributed by atoms with van der Waals surface area (Å²) in [4.78, 5) is 0. The Bertz CT molecular complexity index is 1270. The average Bonchev–Trinajstić information content (AvgIpc) is 3.52. The molecule has 156 valence electrons. The lowest BCUT2D eigenvalue weighted by Crippen LogP contribution is -2.18. The molecule has 4 nitrogen and oxygen atoms in total. The summed E-state index contributed by atoms with van der Waals surface area (Å²) in [5.74, 6) is 1.60. The van der Waals surface area contributed by atoms with Crippen molar-refractivity contribution in [3.8, 4) is 22.6 Å². The fraction of sp³-hybridized carbons (Fsp3) is 0.107. The van der Waals surface area contributed by atoms with Gasteiger partial charge in [0.25, 0.3) is 0 Å². The molecule has 0 radical (unpaired) electrons. The van der Waals surface area contributed by atoms with Crippen LogP contribution in [0.2, 0.25) is 0 Å². The monoisotopic (exact) mass is 418 g/mol. The molecule has 0 saturated heterocycles. The fourth-order valence-corrected chi connectivity index (χ4v) is 4.37. The van der Waals surface area contributed by atoms with Gasteiger partial charge in [-0.1, -0.05) is 78.9 Å². The molecule has 2 aliphatic rings. The quantitative estimate of drug-likeness (QED) is 0.383. The summed E-state index contributed by atoms with van der Waals surface area (Å²) in [6.45, 7) is 0.279. The summed E-state index contributed by atoms with van der Waals surface area (Å²) >= 11 is 0. The second kappa shape index (κ2) is 7.89. The van der Waals surface area contributed by atoms with E-state index in [-0.39, 0.29) is 12.8 Å². The van der Waals surface area contributed by atoms with Crippen LogP contribution < -0.4 is 14.5 Å². The molecule has 2 aliphatic heterocycles. The molecule has 6 rings (SSSR count). The summed E-state index contributed by atoms with van der Waals surface area (Å²) in [5.41, 5.74) is 6.89. The maximum atomic E-state index is 5.63. The first-order valence-electron chi connectivity index (χ1n) is 10.8. The van der Waals surface area contributed by atoms with Gasteiger partial charge in [0.15, 0.2) is 11.5 Å². The zero-order valence-corrected chi connectivity index (χ0v) is 17.5. The van der Waals surface area contributed by atoms with Gasteiger partial charge >= 0.3 is 0 Å². The van der Waals surface area contributed by atoms with Crippen LogP contribution in [0.15, 0.2) is 108 Å². The van der Waals surface area contributed by atoms with Crippen LogP contribution in [-0.2, 0) is 0 Å². The van der Waals surface area contributed by atoms with E-state index < -0.39 is 0 Å². The molecule has 0 unspecified atom stereocenters. The lowest BCUT2D eigenvalue weighted by Gasteiger charge is -2.24. The van der Waals surface area contributed by atoms with Gasteiger partial charge in [0.05, 0.1) is 17.4 Å². The smallest absolute Gasteiger partial charge is 0.231 e. The summed E-state index contributed by atoms with van der Waals surface area (Å²) in [7, 11) is 0. The van der Waals surface area contributed by atoms with Crippen molar-refractivity contribution in [2.24, 2.45) is 5.10 Å². The summed E-state index contributed by atoms with van der Waals surface area (Å²) < 4.78 is 11.1. The van der Waals surface area contributed by atoms with Crippen LogP contribution in [0.1, 0.15) is 23.6 Å². The van der Waals surface area contributed by atoms with E-state index in [1.54, 1.807) is 0 Å². The SMILES string of the molecule is c1ccc(-c2ccc(C3=NN(c4ccccc4)[C@H](c4ccc5c(c4)OCO5)C3)cc2)cc1. The highest BCUT2D eigenvalue weighted by Crippen LogP contribution is 2.41. The van der Waals surface area contributed by atoms with Gasteiger partial charge in [0.1, 0.15) is 0 Å². The van der Waals surface area contributed by atoms with Gasteiger partial charge in [-0.3, -0.25) is 5.01 Å². The Labute approximate surface area is 187 Å². The summed E-state index contributed by atoms with van der Waals surface area (Å²) in [6, 6.07) is 35.8. The molecule has 0 N–H and O–H groups in total. The van der Waals surface area contributed by atoms with E-state index in [1.165, 1.54) is 11.1 Å². The highest BCUT2D eigenvalue weighted by Gasteiger charge is 2.31. The molecule has 4 aromatic rings. The molecular formula is C28H22N2O2. The number of hydrazone groups is 1. The van der Waals surface area contributed by atoms with Crippen LogP contribution in [0.5, 0.6) is 11.5 Å². The maximum absolute atomic E-state index is 5.63. The standard InChI is InChI=1S/C28H22N2O2/c1-3-7-20(8-4-1)21-11-13-22(14-12-21)25-18-26(30(29-25)24-9-5-2-6-10-24)23-15-16-27-28(17-23)32-19-31-27/h1-17,26H,18-19H2/t26-/m0/s1. The third kappa shape index (κ3) is 3.40. The number of benzene rings is 4. The number of ether oxygens (including phenoxy) is 2. The molecule has 1 atom stereocenters. The largest absolute Gasteiger partial charge is 0.454 e. The van der Waals surface area contributed by atoms with Crippen LogP contribution >= 0.6 is 0 Å². The molecule has 2 heterocycles. The van der Waals surface area contributed by atoms with Gasteiger partial charge in [-0.15, -0.1) is 0 Å². The van der Waals surface area contributed by atoms with E-state index in [0.717, 1.165) is 40.4 Å². The van der Waals surface area contributed by atoms with E-state index in [4.69, 9.17) is 14.6 Å². The molecule has 4 heteroatoms. The zero-order valence-electron chi connectivity index (χ0n) is 17.5. The number of hydrogen-bond donors (Lipinski definition) is 0. The van der Waals surface area contributed by atoms with Crippen molar-refractivity contribution in [3.63, 3.8) is 0 Å². The number of para-hydroxylation sites is 1. The van der Waals surface area contributed by atoms with E-state index in [0.29, 0.717) is 0 Å². The number of anilines is 1. The van der Waals surface area contributed by atoms with Crippen LogP contribution in [0.25, 0.3) is 11.1 Å². The Kier molecular flexibility index (Phi) is 4.61. The van der Waals surface area contributed by atoms with Crippen molar-refractivity contribution in [2.45, 2.75) is 12.5 Å².